The Morgan fingerprint density at radius 2 is 2.43 bits per heavy atom. The second-order valence-corrected chi connectivity index (χ2v) is 3.36. The number of thiazole rings is 1. The highest BCUT2D eigenvalue weighted by Gasteiger charge is 2.16. The van der Waals surface area contributed by atoms with Gasteiger partial charge in [0.2, 0.25) is 0 Å². The normalized spacial score (nSPS) is 12.7. The molecule has 2 aromatic rings. The molecule has 0 fully saturated rings. The first-order valence-electron chi connectivity index (χ1n) is 3.84. The molecule has 2 heterocycles. The van der Waals surface area contributed by atoms with E-state index in [4.69, 9.17) is 4.74 Å². The van der Waals surface area contributed by atoms with Crippen molar-refractivity contribution in [2.45, 2.75) is 6.10 Å². The molecule has 0 aliphatic carbocycles. The number of aliphatic hydroxyl groups excluding tert-OH is 1. The monoisotopic (exact) mass is 212 g/mol. The van der Waals surface area contributed by atoms with Crippen LogP contribution in [0.2, 0.25) is 0 Å². The van der Waals surface area contributed by atoms with Gasteiger partial charge < -0.3 is 9.84 Å². The highest BCUT2D eigenvalue weighted by Crippen LogP contribution is 2.25. The first-order chi connectivity index (χ1) is 6.81. The third kappa shape index (κ3) is 1.59. The van der Waals surface area contributed by atoms with E-state index in [9.17, 15) is 5.11 Å². The number of hydrogen-bond donors (Lipinski definition) is 2. The van der Waals surface area contributed by atoms with Gasteiger partial charge >= 0.3 is 0 Å². The number of nitrogens with one attached hydrogen (secondary N) is 1. The summed E-state index contributed by atoms with van der Waals surface area (Å²) >= 11 is 1.32. The summed E-state index contributed by atoms with van der Waals surface area (Å²) in [5, 5.41) is 21.8. The molecule has 6 nitrogen and oxygen atoms in total. The highest BCUT2D eigenvalue weighted by atomic mass is 32.1. The van der Waals surface area contributed by atoms with Crippen molar-refractivity contribution in [1.82, 2.24) is 20.4 Å². The average molecular weight is 212 g/mol. The first kappa shape index (κ1) is 9.10. The van der Waals surface area contributed by atoms with Crippen LogP contribution in [0.5, 0.6) is 5.19 Å². The van der Waals surface area contributed by atoms with Gasteiger partial charge in [0, 0.05) is 5.38 Å². The van der Waals surface area contributed by atoms with Crippen molar-refractivity contribution in [2.24, 2.45) is 0 Å². The van der Waals surface area contributed by atoms with E-state index in [1.165, 1.54) is 24.6 Å². The van der Waals surface area contributed by atoms with Gasteiger partial charge in [0.25, 0.3) is 5.19 Å². The van der Waals surface area contributed by atoms with Gasteiger partial charge in [-0.2, -0.15) is 15.4 Å². The van der Waals surface area contributed by atoms with Crippen LogP contribution in [0.3, 0.4) is 0 Å². The molecular weight excluding hydrogens is 204 g/mol. The molecule has 2 rings (SSSR count). The van der Waals surface area contributed by atoms with Gasteiger partial charge in [-0.15, -0.1) is 0 Å². The molecule has 0 aliphatic rings. The quantitative estimate of drug-likeness (QED) is 0.767. The Bertz CT molecular complexity index is 399. The standard InChI is InChI=1S/C7H8N4O2S/c1-13-7-9-5(3-14-7)6(12)4-2-8-11-10-4/h2-3,6,12H,1H3,(H,8,10,11). The molecule has 0 aromatic carbocycles. The minimum absolute atomic E-state index is 0.443. The van der Waals surface area contributed by atoms with Crippen molar-refractivity contribution in [1.29, 1.82) is 0 Å². The van der Waals surface area contributed by atoms with Crippen molar-refractivity contribution in [3.8, 4) is 5.19 Å². The van der Waals surface area contributed by atoms with Gasteiger partial charge in [0.05, 0.1) is 19.0 Å². The molecule has 0 radical (unpaired) electrons. The summed E-state index contributed by atoms with van der Waals surface area (Å²) in [5.41, 5.74) is 0.957. The lowest BCUT2D eigenvalue weighted by molar-refractivity contribution is 0.210. The second-order valence-electron chi connectivity index (χ2n) is 2.54. The molecule has 2 N–H and O–H groups in total. The molecule has 74 valence electrons. The van der Waals surface area contributed by atoms with Crippen LogP contribution in [-0.4, -0.2) is 32.6 Å². The summed E-state index contributed by atoms with van der Waals surface area (Å²) in [6, 6.07) is 0. The van der Waals surface area contributed by atoms with Crippen LogP contribution in [-0.2, 0) is 0 Å². The maximum absolute atomic E-state index is 9.76. The van der Waals surface area contributed by atoms with Gasteiger partial charge in [0.1, 0.15) is 11.8 Å². The Balaban J connectivity index is 2.23. The van der Waals surface area contributed by atoms with E-state index >= 15 is 0 Å². The molecule has 0 bridgehead atoms. The third-order valence-electron chi connectivity index (χ3n) is 1.67. The van der Waals surface area contributed by atoms with Crippen molar-refractivity contribution < 1.29 is 9.84 Å². The number of methoxy groups -OCH3 is 1. The fraction of sp³-hybridized carbons (Fsp3) is 0.286. The van der Waals surface area contributed by atoms with Crippen LogP contribution in [0, 0.1) is 0 Å². The fourth-order valence-electron chi connectivity index (χ4n) is 0.982. The summed E-state index contributed by atoms with van der Waals surface area (Å²) in [5.74, 6) is 0. The Morgan fingerprint density at radius 1 is 1.57 bits per heavy atom. The fourth-order valence-corrected chi connectivity index (χ4v) is 1.64. The number of hydrogen-bond acceptors (Lipinski definition) is 6. The summed E-state index contributed by atoms with van der Waals surface area (Å²) in [6.07, 6.45) is 0.602. The molecule has 0 spiro atoms. The van der Waals surface area contributed by atoms with E-state index in [2.05, 4.69) is 20.4 Å². The Kier molecular flexibility index (Phi) is 2.42. The molecule has 0 aliphatic heterocycles. The number of rotatable bonds is 3. The summed E-state index contributed by atoms with van der Waals surface area (Å²) < 4.78 is 4.91. The molecule has 2 aromatic heterocycles. The lowest BCUT2D eigenvalue weighted by Gasteiger charge is -2.01. The Labute approximate surface area is 83.6 Å². The number of ether oxygens (including phenoxy) is 1. The number of aromatic nitrogens is 4. The van der Waals surface area contributed by atoms with Gasteiger partial charge in [-0.1, -0.05) is 11.3 Å². The zero-order valence-electron chi connectivity index (χ0n) is 7.34. The van der Waals surface area contributed by atoms with Crippen molar-refractivity contribution in [2.75, 3.05) is 7.11 Å². The molecule has 1 atom stereocenters. The molecule has 14 heavy (non-hydrogen) atoms. The lowest BCUT2D eigenvalue weighted by atomic mass is 10.2. The molecule has 1 unspecified atom stereocenters. The summed E-state index contributed by atoms with van der Waals surface area (Å²) in [6.45, 7) is 0. The van der Waals surface area contributed by atoms with E-state index in [0.717, 1.165) is 0 Å². The van der Waals surface area contributed by atoms with Crippen molar-refractivity contribution in [3.63, 3.8) is 0 Å². The smallest absolute Gasteiger partial charge is 0.273 e. The number of aromatic amines is 1. The van der Waals surface area contributed by atoms with E-state index in [1.807, 2.05) is 0 Å². The number of nitrogens with zero attached hydrogens (tertiary/aromatic N) is 3. The van der Waals surface area contributed by atoms with E-state index in [-0.39, 0.29) is 0 Å². The predicted octanol–water partition coefficient (Wildman–Crippen LogP) is 0.351. The van der Waals surface area contributed by atoms with Crippen LogP contribution in [0.1, 0.15) is 17.5 Å². The van der Waals surface area contributed by atoms with E-state index in [0.29, 0.717) is 16.6 Å². The van der Waals surface area contributed by atoms with Gasteiger partial charge in [-0.05, 0) is 0 Å². The molecule has 0 amide bonds. The van der Waals surface area contributed by atoms with Crippen LogP contribution in [0.4, 0.5) is 0 Å². The topological polar surface area (TPSA) is 83.9 Å². The maximum atomic E-state index is 9.76. The highest BCUT2D eigenvalue weighted by molar-refractivity contribution is 7.11. The summed E-state index contributed by atoms with van der Waals surface area (Å²) in [7, 11) is 1.53. The van der Waals surface area contributed by atoms with Gasteiger partial charge in [0.15, 0.2) is 0 Å². The first-order valence-corrected chi connectivity index (χ1v) is 4.72. The van der Waals surface area contributed by atoms with E-state index in [1.54, 1.807) is 5.38 Å². The van der Waals surface area contributed by atoms with Crippen LogP contribution < -0.4 is 4.74 Å². The van der Waals surface area contributed by atoms with E-state index < -0.39 is 6.10 Å². The number of H-pyrrole nitrogens is 1. The van der Waals surface area contributed by atoms with Crippen LogP contribution >= 0.6 is 11.3 Å². The minimum Gasteiger partial charge on any atom is -0.473 e. The largest absolute Gasteiger partial charge is 0.473 e. The third-order valence-corrected chi connectivity index (χ3v) is 2.49. The minimum atomic E-state index is -0.853. The Hall–Kier alpha value is -1.47. The van der Waals surface area contributed by atoms with Crippen LogP contribution in [0.25, 0.3) is 0 Å². The predicted molar refractivity (Wildman–Crippen MR) is 49.1 cm³/mol. The molecule has 0 saturated carbocycles. The molecule has 0 saturated heterocycles. The number of aliphatic hydroxyl groups is 1. The average Bonchev–Trinajstić information content (AvgIpc) is 2.88. The van der Waals surface area contributed by atoms with Gasteiger partial charge in [-0.25, -0.2) is 4.98 Å². The van der Waals surface area contributed by atoms with Crippen molar-refractivity contribution >= 4 is 11.3 Å². The van der Waals surface area contributed by atoms with Crippen molar-refractivity contribution in [3.05, 3.63) is 23.0 Å². The SMILES string of the molecule is COc1nc(C(O)c2cn[nH]n2)cs1. The zero-order chi connectivity index (χ0) is 9.97. The van der Waals surface area contributed by atoms with Crippen LogP contribution in [0.15, 0.2) is 11.6 Å². The molecular formula is C7H8N4O2S. The molecule has 7 heteroatoms. The Morgan fingerprint density at radius 3 is 3.00 bits per heavy atom. The summed E-state index contributed by atoms with van der Waals surface area (Å²) in [4.78, 5) is 4.05. The second kappa shape index (κ2) is 3.72. The van der Waals surface area contributed by atoms with Gasteiger partial charge in [-0.3, -0.25) is 0 Å². The zero-order valence-corrected chi connectivity index (χ0v) is 8.15. The maximum Gasteiger partial charge on any atom is 0.273 e. The lowest BCUT2D eigenvalue weighted by Crippen LogP contribution is -2.00.